The van der Waals surface area contributed by atoms with E-state index < -0.39 is 5.97 Å². The Balaban J connectivity index is 2.44. The third-order valence-electron chi connectivity index (χ3n) is 2.80. The summed E-state index contributed by atoms with van der Waals surface area (Å²) in [5.74, 6) is -0.0794. The second-order valence-electron chi connectivity index (χ2n) is 4.14. The van der Waals surface area contributed by atoms with Gasteiger partial charge in [-0.2, -0.15) is 5.10 Å². The summed E-state index contributed by atoms with van der Waals surface area (Å²) in [6.07, 6.45) is -0.0110. The van der Waals surface area contributed by atoms with Crippen LogP contribution in [0.3, 0.4) is 0 Å². The molecule has 0 saturated heterocycles. The topological polar surface area (TPSA) is 60.1 Å². The molecule has 0 amide bonds. The number of aryl methyl sites for hydroxylation is 3. The molecule has 5 nitrogen and oxygen atoms in total. The molecule has 0 fully saturated rings. The molecule has 0 radical (unpaired) electrons. The van der Waals surface area contributed by atoms with Crippen LogP contribution in [0.5, 0.6) is 0 Å². The minimum Gasteiger partial charge on any atom is -0.481 e. The summed E-state index contributed by atoms with van der Waals surface area (Å²) in [4.78, 5) is 10.7. The third-order valence-corrected chi connectivity index (χ3v) is 2.80. The number of aromatic nitrogens is 3. The van der Waals surface area contributed by atoms with Crippen LogP contribution in [0.4, 0.5) is 0 Å². The van der Waals surface area contributed by atoms with Gasteiger partial charge in [-0.1, -0.05) is 0 Å². The summed E-state index contributed by atoms with van der Waals surface area (Å²) in [5, 5.41) is 13.1. The molecule has 1 N–H and O–H groups in total. The second-order valence-corrected chi connectivity index (χ2v) is 4.14. The minimum atomic E-state index is -0.847. The molecule has 0 aliphatic heterocycles. The molecule has 0 bridgehead atoms. The first-order valence-corrected chi connectivity index (χ1v) is 5.39. The first kappa shape index (κ1) is 11.4. The fraction of sp³-hybridized carbons (Fsp3) is 0.333. The lowest BCUT2D eigenvalue weighted by Crippen LogP contribution is -2.05. The maximum Gasteiger partial charge on any atom is 0.309 e. The highest BCUT2D eigenvalue weighted by molar-refractivity contribution is 5.69. The number of carbonyl (C=O) groups is 1. The highest BCUT2D eigenvalue weighted by atomic mass is 16.4. The lowest BCUT2D eigenvalue weighted by atomic mass is 10.3. The predicted octanol–water partition coefficient (Wildman–Crippen LogP) is 1.45. The number of hydrogen-bond acceptors (Lipinski definition) is 2. The fourth-order valence-electron chi connectivity index (χ4n) is 1.95. The Hall–Kier alpha value is -2.04. The molecule has 0 aliphatic carbocycles. The molecule has 2 heterocycles. The normalized spacial score (nSPS) is 10.8. The van der Waals surface area contributed by atoms with Crippen LogP contribution in [0.25, 0.3) is 5.82 Å². The fourth-order valence-corrected chi connectivity index (χ4v) is 1.95. The van der Waals surface area contributed by atoms with E-state index in [4.69, 9.17) is 5.11 Å². The van der Waals surface area contributed by atoms with Gasteiger partial charge in [-0.25, -0.2) is 0 Å². The predicted molar refractivity (Wildman–Crippen MR) is 63.3 cm³/mol. The van der Waals surface area contributed by atoms with Crippen molar-refractivity contribution in [1.29, 1.82) is 0 Å². The van der Waals surface area contributed by atoms with Crippen molar-refractivity contribution in [2.75, 3.05) is 0 Å². The third kappa shape index (κ3) is 2.08. The highest BCUT2D eigenvalue weighted by Gasteiger charge is 2.12. The van der Waals surface area contributed by atoms with Gasteiger partial charge >= 0.3 is 5.97 Å². The van der Waals surface area contributed by atoms with Gasteiger partial charge < -0.3 is 9.67 Å². The minimum absolute atomic E-state index is 0.0110. The number of rotatable bonds is 3. The highest BCUT2D eigenvalue weighted by Crippen LogP contribution is 2.16. The summed E-state index contributed by atoms with van der Waals surface area (Å²) in [6.45, 7) is 4.00. The van der Waals surface area contributed by atoms with Crippen LogP contribution in [0.2, 0.25) is 0 Å². The number of nitrogens with zero attached hydrogens (tertiary/aromatic N) is 3. The number of aliphatic carboxylic acids is 1. The first-order valence-electron chi connectivity index (χ1n) is 5.39. The Morgan fingerprint density at radius 2 is 1.94 bits per heavy atom. The largest absolute Gasteiger partial charge is 0.481 e. The Morgan fingerprint density at radius 1 is 1.35 bits per heavy atom. The van der Waals surface area contributed by atoms with E-state index in [-0.39, 0.29) is 6.42 Å². The molecule has 0 spiro atoms. The van der Waals surface area contributed by atoms with Crippen molar-refractivity contribution in [2.24, 2.45) is 7.05 Å². The van der Waals surface area contributed by atoms with Gasteiger partial charge in [0, 0.05) is 24.5 Å². The van der Waals surface area contributed by atoms with E-state index in [0.29, 0.717) is 5.69 Å². The Labute approximate surface area is 99.3 Å². The zero-order valence-electron chi connectivity index (χ0n) is 10.1. The van der Waals surface area contributed by atoms with Gasteiger partial charge in [0.15, 0.2) is 5.82 Å². The van der Waals surface area contributed by atoms with Crippen LogP contribution < -0.4 is 0 Å². The molecule has 0 saturated carbocycles. The standard InChI is InChI=1S/C12H15N3O2/c1-8-4-5-9(2)15(8)11-6-10(7-12(16)17)14(3)13-11/h4-6H,7H2,1-3H3,(H,16,17). The first-order chi connectivity index (χ1) is 7.99. The molecular formula is C12H15N3O2. The van der Waals surface area contributed by atoms with Gasteiger partial charge in [0.05, 0.1) is 12.1 Å². The van der Waals surface area contributed by atoms with Crippen molar-refractivity contribution in [2.45, 2.75) is 20.3 Å². The van der Waals surface area contributed by atoms with Crippen LogP contribution in [-0.2, 0) is 18.3 Å². The molecule has 2 aromatic heterocycles. The molecule has 2 rings (SSSR count). The summed E-state index contributed by atoms with van der Waals surface area (Å²) in [7, 11) is 1.76. The zero-order valence-corrected chi connectivity index (χ0v) is 10.1. The van der Waals surface area contributed by atoms with E-state index in [1.54, 1.807) is 11.7 Å². The molecule has 0 unspecified atom stereocenters. The van der Waals surface area contributed by atoms with Crippen molar-refractivity contribution >= 4 is 5.97 Å². The van der Waals surface area contributed by atoms with Crippen molar-refractivity contribution in [3.05, 3.63) is 35.3 Å². The van der Waals surface area contributed by atoms with Gasteiger partial charge in [0.2, 0.25) is 0 Å². The van der Waals surface area contributed by atoms with Gasteiger partial charge in [0.1, 0.15) is 0 Å². The van der Waals surface area contributed by atoms with Crippen molar-refractivity contribution in [1.82, 2.24) is 14.3 Å². The van der Waals surface area contributed by atoms with E-state index >= 15 is 0 Å². The van der Waals surface area contributed by atoms with Gasteiger partial charge in [-0.05, 0) is 26.0 Å². The molecule has 0 aromatic carbocycles. The van der Waals surface area contributed by atoms with Crippen molar-refractivity contribution in [3.8, 4) is 5.82 Å². The maximum atomic E-state index is 10.7. The lowest BCUT2D eigenvalue weighted by Gasteiger charge is -2.03. The van der Waals surface area contributed by atoms with Gasteiger partial charge in [0.25, 0.3) is 0 Å². The summed E-state index contributed by atoms with van der Waals surface area (Å²) >= 11 is 0. The summed E-state index contributed by atoms with van der Waals surface area (Å²) in [5.41, 5.74) is 2.87. The Morgan fingerprint density at radius 3 is 2.47 bits per heavy atom. The SMILES string of the molecule is Cc1ccc(C)n1-c1cc(CC(=O)O)n(C)n1. The van der Waals surface area contributed by atoms with Crippen LogP contribution >= 0.6 is 0 Å². The Bertz CT molecular complexity index is 547. The summed E-state index contributed by atoms with van der Waals surface area (Å²) in [6, 6.07) is 5.84. The number of carboxylic acids is 1. The monoisotopic (exact) mass is 233 g/mol. The van der Waals surface area contributed by atoms with E-state index in [1.165, 1.54) is 0 Å². The zero-order chi connectivity index (χ0) is 12.6. The summed E-state index contributed by atoms with van der Waals surface area (Å²) < 4.78 is 3.62. The number of carboxylic acid groups (broad SMARTS) is 1. The van der Waals surface area contributed by atoms with E-state index in [2.05, 4.69) is 5.10 Å². The average molecular weight is 233 g/mol. The molecule has 0 aliphatic rings. The quantitative estimate of drug-likeness (QED) is 0.873. The van der Waals surface area contributed by atoms with Crippen LogP contribution in [0.1, 0.15) is 17.1 Å². The molecule has 90 valence electrons. The average Bonchev–Trinajstić information content (AvgIpc) is 2.71. The van der Waals surface area contributed by atoms with Gasteiger partial charge in [-0.15, -0.1) is 0 Å². The van der Waals surface area contributed by atoms with E-state index in [1.807, 2.05) is 36.6 Å². The molecule has 0 atom stereocenters. The van der Waals surface area contributed by atoms with Gasteiger partial charge in [-0.3, -0.25) is 9.48 Å². The second kappa shape index (κ2) is 4.08. The van der Waals surface area contributed by atoms with E-state index in [9.17, 15) is 4.79 Å². The van der Waals surface area contributed by atoms with Crippen LogP contribution in [0.15, 0.2) is 18.2 Å². The van der Waals surface area contributed by atoms with Crippen molar-refractivity contribution in [3.63, 3.8) is 0 Å². The van der Waals surface area contributed by atoms with Crippen LogP contribution in [-0.4, -0.2) is 25.4 Å². The van der Waals surface area contributed by atoms with Crippen molar-refractivity contribution < 1.29 is 9.90 Å². The number of hydrogen-bond donors (Lipinski definition) is 1. The smallest absolute Gasteiger partial charge is 0.309 e. The Kier molecular flexibility index (Phi) is 2.75. The lowest BCUT2D eigenvalue weighted by molar-refractivity contribution is -0.136. The molecule has 2 aromatic rings. The molecule has 5 heteroatoms. The van der Waals surface area contributed by atoms with E-state index in [0.717, 1.165) is 17.2 Å². The van der Waals surface area contributed by atoms with Crippen LogP contribution in [0, 0.1) is 13.8 Å². The molecular weight excluding hydrogens is 218 g/mol. The maximum absolute atomic E-state index is 10.7. The molecule has 17 heavy (non-hydrogen) atoms.